The van der Waals surface area contributed by atoms with Crippen molar-refractivity contribution in [2.45, 2.75) is 26.8 Å². The molecule has 3 aromatic rings. The zero-order valence-corrected chi connectivity index (χ0v) is 16.3. The van der Waals surface area contributed by atoms with Gasteiger partial charge in [-0.1, -0.05) is 44.2 Å². The van der Waals surface area contributed by atoms with Crippen LogP contribution in [0.3, 0.4) is 0 Å². The first-order chi connectivity index (χ1) is 13.4. The first kappa shape index (κ1) is 19.8. The zero-order valence-electron chi connectivity index (χ0n) is 16.3. The van der Waals surface area contributed by atoms with E-state index in [0.717, 1.165) is 16.9 Å². The Morgan fingerprint density at radius 2 is 1.79 bits per heavy atom. The highest BCUT2D eigenvalue weighted by Gasteiger charge is 2.17. The summed E-state index contributed by atoms with van der Waals surface area (Å²) in [6.07, 6.45) is 0. The SMILES string of the molecule is Cc1cc(NC(=O)CN[C@H](c2ccc(F)cc2)C(C)C)n(-c2ccccc2)n1. The van der Waals surface area contributed by atoms with E-state index in [1.165, 1.54) is 12.1 Å². The Morgan fingerprint density at radius 1 is 1.11 bits per heavy atom. The van der Waals surface area contributed by atoms with Crippen molar-refractivity contribution >= 4 is 11.7 Å². The van der Waals surface area contributed by atoms with Crippen LogP contribution in [-0.2, 0) is 4.79 Å². The molecule has 1 atom stereocenters. The van der Waals surface area contributed by atoms with E-state index in [1.54, 1.807) is 16.8 Å². The second-order valence-electron chi connectivity index (χ2n) is 7.12. The Hall–Kier alpha value is -2.99. The predicted molar refractivity (Wildman–Crippen MR) is 109 cm³/mol. The number of carbonyl (C=O) groups excluding carboxylic acids is 1. The molecule has 0 bridgehead atoms. The van der Waals surface area contributed by atoms with Gasteiger partial charge in [-0.2, -0.15) is 5.10 Å². The molecule has 0 saturated carbocycles. The number of para-hydroxylation sites is 1. The third kappa shape index (κ3) is 4.84. The molecular weight excluding hydrogens is 355 g/mol. The summed E-state index contributed by atoms with van der Waals surface area (Å²) in [6, 6.07) is 17.8. The minimum Gasteiger partial charge on any atom is -0.309 e. The summed E-state index contributed by atoms with van der Waals surface area (Å²) in [6.45, 7) is 6.15. The molecule has 0 aliphatic rings. The summed E-state index contributed by atoms with van der Waals surface area (Å²) < 4.78 is 14.9. The molecule has 6 heteroatoms. The molecule has 1 heterocycles. The molecule has 2 N–H and O–H groups in total. The van der Waals surface area contributed by atoms with Gasteiger partial charge in [0.1, 0.15) is 11.6 Å². The second kappa shape index (κ2) is 8.80. The average Bonchev–Trinajstić information content (AvgIpc) is 3.04. The van der Waals surface area contributed by atoms with Gasteiger partial charge in [-0.3, -0.25) is 4.79 Å². The summed E-state index contributed by atoms with van der Waals surface area (Å²) >= 11 is 0. The van der Waals surface area contributed by atoms with Crippen molar-refractivity contribution in [3.8, 4) is 5.69 Å². The molecule has 0 radical (unpaired) electrons. The van der Waals surface area contributed by atoms with Crippen LogP contribution in [0.4, 0.5) is 10.2 Å². The molecule has 2 aromatic carbocycles. The van der Waals surface area contributed by atoms with Crippen LogP contribution >= 0.6 is 0 Å². The van der Waals surface area contributed by atoms with Gasteiger partial charge in [0.15, 0.2) is 0 Å². The number of carbonyl (C=O) groups is 1. The number of halogens is 1. The van der Waals surface area contributed by atoms with Crippen molar-refractivity contribution in [3.63, 3.8) is 0 Å². The summed E-state index contributed by atoms with van der Waals surface area (Å²) in [5.74, 6) is 0.437. The molecule has 0 saturated heterocycles. The predicted octanol–water partition coefficient (Wildman–Crippen LogP) is 4.25. The van der Waals surface area contributed by atoms with Gasteiger partial charge in [0.25, 0.3) is 0 Å². The number of rotatable bonds is 7. The number of hydrogen-bond donors (Lipinski definition) is 2. The lowest BCUT2D eigenvalue weighted by molar-refractivity contribution is -0.115. The molecule has 1 amide bonds. The maximum absolute atomic E-state index is 13.2. The molecule has 146 valence electrons. The Bertz CT molecular complexity index is 919. The Balaban J connectivity index is 1.68. The molecule has 0 unspecified atom stereocenters. The molecule has 1 aromatic heterocycles. The second-order valence-corrected chi connectivity index (χ2v) is 7.12. The van der Waals surface area contributed by atoms with E-state index in [9.17, 15) is 9.18 Å². The van der Waals surface area contributed by atoms with E-state index < -0.39 is 0 Å². The third-order valence-electron chi connectivity index (χ3n) is 4.48. The number of aromatic nitrogens is 2. The third-order valence-corrected chi connectivity index (χ3v) is 4.48. The van der Waals surface area contributed by atoms with Crippen molar-refractivity contribution in [1.82, 2.24) is 15.1 Å². The average molecular weight is 380 g/mol. The van der Waals surface area contributed by atoms with Crippen LogP contribution < -0.4 is 10.6 Å². The van der Waals surface area contributed by atoms with Crippen LogP contribution in [0.1, 0.15) is 31.1 Å². The highest BCUT2D eigenvalue weighted by atomic mass is 19.1. The summed E-state index contributed by atoms with van der Waals surface area (Å²) in [5, 5.41) is 10.7. The highest BCUT2D eigenvalue weighted by molar-refractivity contribution is 5.91. The first-order valence-corrected chi connectivity index (χ1v) is 9.35. The first-order valence-electron chi connectivity index (χ1n) is 9.35. The zero-order chi connectivity index (χ0) is 20.1. The largest absolute Gasteiger partial charge is 0.309 e. The fraction of sp³-hybridized carbons (Fsp3) is 0.273. The fourth-order valence-electron chi connectivity index (χ4n) is 3.15. The topological polar surface area (TPSA) is 59.0 Å². The van der Waals surface area contributed by atoms with E-state index in [2.05, 4.69) is 29.6 Å². The maximum atomic E-state index is 13.2. The van der Waals surface area contributed by atoms with Gasteiger partial charge < -0.3 is 10.6 Å². The Morgan fingerprint density at radius 3 is 2.43 bits per heavy atom. The van der Waals surface area contributed by atoms with Crippen molar-refractivity contribution in [2.24, 2.45) is 5.92 Å². The standard InChI is InChI=1S/C22H25FN4O/c1-15(2)22(17-9-11-18(23)12-10-17)24-14-21(28)25-20-13-16(3)26-27(20)19-7-5-4-6-8-19/h4-13,15,22,24H,14H2,1-3H3,(H,25,28)/t22-/m0/s1. The van der Waals surface area contributed by atoms with Crippen molar-refractivity contribution in [1.29, 1.82) is 0 Å². The number of amides is 1. The normalized spacial score (nSPS) is 12.2. The molecule has 5 nitrogen and oxygen atoms in total. The van der Waals surface area contributed by atoms with E-state index >= 15 is 0 Å². The number of hydrogen-bond acceptors (Lipinski definition) is 3. The van der Waals surface area contributed by atoms with Gasteiger partial charge in [-0.05, 0) is 42.7 Å². The lowest BCUT2D eigenvalue weighted by atomic mass is 9.96. The minimum absolute atomic E-state index is 0.0490. The number of anilines is 1. The van der Waals surface area contributed by atoms with Crippen molar-refractivity contribution in [2.75, 3.05) is 11.9 Å². The molecule has 0 aliphatic heterocycles. The van der Waals surface area contributed by atoms with E-state index in [1.807, 2.05) is 43.3 Å². The van der Waals surface area contributed by atoms with E-state index in [0.29, 0.717) is 5.82 Å². The Kier molecular flexibility index (Phi) is 6.21. The van der Waals surface area contributed by atoms with Crippen LogP contribution in [0, 0.1) is 18.7 Å². The van der Waals surface area contributed by atoms with E-state index in [4.69, 9.17) is 0 Å². The van der Waals surface area contributed by atoms with Gasteiger partial charge in [-0.15, -0.1) is 0 Å². The maximum Gasteiger partial charge on any atom is 0.239 e. The van der Waals surface area contributed by atoms with E-state index in [-0.39, 0.29) is 30.2 Å². The quantitative estimate of drug-likeness (QED) is 0.644. The van der Waals surface area contributed by atoms with Gasteiger partial charge in [0.05, 0.1) is 17.9 Å². The van der Waals surface area contributed by atoms with Gasteiger partial charge in [-0.25, -0.2) is 9.07 Å². The van der Waals surface area contributed by atoms with Crippen LogP contribution in [0.15, 0.2) is 60.7 Å². The van der Waals surface area contributed by atoms with Gasteiger partial charge in [0.2, 0.25) is 5.91 Å². The molecule has 3 rings (SSSR count). The molecule has 0 spiro atoms. The smallest absolute Gasteiger partial charge is 0.239 e. The van der Waals surface area contributed by atoms with Crippen LogP contribution in [0.2, 0.25) is 0 Å². The lowest BCUT2D eigenvalue weighted by Gasteiger charge is -2.23. The summed E-state index contributed by atoms with van der Waals surface area (Å²) in [5.41, 5.74) is 2.65. The van der Waals surface area contributed by atoms with Crippen molar-refractivity contribution in [3.05, 3.63) is 77.7 Å². The van der Waals surface area contributed by atoms with Gasteiger partial charge >= 0.3 is 0 Å². The fourth-order valence-corrected chi connectivity index (χ4v) is 3.15. The highest BCUT2D eigenvalue weighted by Crippen LogP contribution is 2.22. The minimum atomic E-state index is -0.270. The molecular formula is C22H25FN4O. The van der Waals surface area contributed by atoms with Crippen LogP contribution in [0.25, 0.3) is 5.69 Å². The number of benzene rings is 2. The number of nitrogens with zero attached hydrogens (tertiary/aromatic N) is 2. The number of aryl methyl sites for hydroxylation is 1. The molecule has 0 fully saturated rings. The number of nitrogens with one attached hydrogen (secondary N) is 2. The van der Waals surface area contributed by atoms with Crippen molar-refractivity contribution < 1.29 is 9.18 Å². The molecule has 0 aliphatic carbocycles. The molecule has 28 heavy (non-hydrogen) atoms. The summed E-state index contributed by atoms with van der Waals surface area (Å²) in [7, 11) is 0. The monoisotopic (exact) mass is 380 g/mol. The van der Waals surface area contributed by atoms with Crippen LogP contribution in [-0.4, -0.2) is 22.2 Å². The Labute approximate surface area is 164 Å². The summed E-state index contributed by atoms with van der Waals surface area (Å²) in [4.78, 5) is 12.5. The van der Waals surface area contributed by atoms with Crippen LogP contribution in [0.5, 0.6) is 0 Å². The van der Waals surface area contributed by atoms with Gasteiger partial charge in [0, 0.05) is 12.1 Å². The lowest BCUT2D eigenvalue weighted by Crippen LogP contribution is -2.34.